The molecule has 2 aromatic rings. The molecule has 0 amide bonds. The Hall–Kier alpha value is -2.12. The molecule has 0 spiro atoms. The summed E-state index contributed by atoms with van der Waals surface area (Å²) in [5.74, 6) is 0. The summed E-state index contributed by atoms with van der Waals surface area (Å²) in [7, 11) is -1.77. The standard InChI is InChI=1S/C21H27N3O2S2/c1-16-8-6-9-17(14-16)21(12-4-5-13-21)23-20(27)22-18-10-7-11-19(15-18)24(2)28(3,25)26/h6-11,14-15H,4-5,12-13H2,1-3H3,(H2,22,23,27). The molecule has 0 atom stereocenters. The molecule has 1 aliphatic carbocycles. The van der Waals surface area contributed by atoms with Crippen LogP contribution in [0.15, 0.2) is 48.5 Å². The first-order chi connectivity index (χ1) is 13.2. The van der Waals surface area contributed by atoms with Gasteiger partial charge in [0, 0.05) is 12.7 Å². The van der Waals surface area contributed by atoms with E-state index in [2.05, 4.69) is 41.8 Å². The van der Waals surface area contributed by atoms with Crippen molar-refractivity contribution in [2.45, 2.75) is 38.1 Å². The summed E-state index contributed by atoms with van der Waals surface area (Å²) in [5, 5.41) is 7.32. The van der Waals surface area contributed by atoms with Crippen LogP contribution in [-0.2, 0) is 15.6 Å². The zero-order chi connectivity index (χ0) is 20.4. The number of hydrogen-bond acceptors (Lipinski definition) is 3. The molecule has 0 saturated heterocycles. The molecule has 0 bridgehead atoms. The third-order valence-electron chi connectivity index (χ3n) is 5.35. The molecule has 0 heterocycles. The Morgan fingerprint density at radius 1 is 1.11 bits per heavy atom. The molecule has 0 aromatic heterocycles. The maximum Gasteiger partial charge on any atom is 0.231 e. The van der Waals surface area contributed by atoms with Crippen LogP contribution in [0.2, 0.25) is 0 Å². The maximum atomic E-state index is 11.8. The first kappa shape index (κ1) is 20.6. The van der Waals surface area contributed by atoms with E-state index in [4.69, 9.17) is 12.2 Å². The minimum atomic E-state index is -3.31. The van der Waals surface area contributed by atoms with E-state index < -0.39 is 10.0 Å². The van der Waals surface area contributed by atoms with Crippen molar-refractivity contribution < 1.29 is 8.42 Å². The number of benzene rings is 2. The number of rotatable bonds is 5. The van der Waals surface area contributed by atoms with Crippen LogP contribution in [0.3, 0.4) is 0 Å². The van der Waals surface area contributed by atoms with Crippen LogP contribution in [0.1, 0.15) is 36.8 Å². The lowest BCUT2D eigenvalue weighted by atomic mass is 9.87. The topological polar surface area (TPSA) is 61.4 Å². The lowest BCUT2D eigenvalue weighted by Gasteiger charge is -2.33. The van der Waals surface area contributed by atoms with Crippen molar-refractivity contribution in [3.63, 3.8) is 0 Å². The Kier molecular flexibility index (Phi) is 5.95. The van der Waals surface area contributed by atoms with Gasteiger partial charge in [0.1, 0.15) is 0 Å². The molecular weight excluding hydrogens is 390 g/mol. The SMILES string of the molecule is Cc1cccc(C2(NC(=S)Nc3cccc(N(C)S(C)(=O)=O)c3)CCCC2)c1. The van der Waals surface area contributed by atoms with Gasteiger partial charge in [-0.25, -0.2) is 8.42 Å². The van der Waals surface area contributed by atoms with E-state index in [1.54, 1.807) is 12.1 Å². The highest BCUT2D eigenvalue weighted by Crippen LogP contribution is 2.39. The summed E-state index contributed by atoms with van der Waals surface area (Å²) in [5.41, 5.74) is 3.69. The van der Waals surface area contributed by atoms with Gasteiger partial charge in [-0.15, -0.1) is 0 Å². The number of hydrogen-bond donors (Lipinski definition) is 2. The van der Waals surface area contributed by atoms with Gasteiger partial charge in [-0.2, -0.15) is 0 Å². The van der Waals surface area contributed by atoms with Gasteiger partial charge in [-0.1, -0.05) is 48.7 Å². The lowest BCUT2D eigenvalue weighted by molar-refractivity contribution is 0.408. The fraction of sp³-hybridized carbons (Fsp3) is 0.381. The Morgan fingerprint density at radius 2 is 1.79 bits per heavy atom. The highest BCUT2D eigenvalue weighted by Gasteiger charge is 2.36. The lowest BCUT2D eigenvalue weighted by Crippen LogP contribution is -2.45. The Morgan fingerprint density at radius 3 is 2.43 bits per heavy atom. The predicted molar refractivity (Wildman–Crippen MR) is 120 cm³/mol. The van der Waals surface area contributed by atoms with Crippen LogP contribution < -0.4 is 14.9 Å². The summed E-state index contributed by atoms with van der Waals surface area (Å²) in [6.07, 6.45) is 5.59. The molecule has 0 radical (unpaired) electrons. The largest absolute Gasteiger partial charge is 0.353 e. The van der Waals surface area contributed by atoms with Crippen molar-refractivity contribution >= 4 is 38.7 Å². The fourth-order valence-electron chi connectivity index (χ4n) is 3.76. The van der Waals surface area contributed by atoms with Crippen LogP contribution in [0.5, 0.6) is 0 Å². The maximum absolute atomic E-state index is 11.8. The second kappa shape index (κ2) is 8.09. The average molecular weight is 418 g/mol. The van der Waals surface area contributed by atoms with Gasteiger partial charge in [0.2, 0.25) is 10.0 Å². The number of thiocarbonyl (C=S) groups is 1. The fourth-order valence-corrected chi connectivity index (χ4v) is 4.57. The van der Waals surface area contributed by atoms with Crippen molar-refractivity contribution in [3.8, 4) is 0 Å². The summed E-state index contributed by atoms with van der Waals surface area (Å²) < 4.78 is 24.8. The molecule has 0 unspecified atom stereocenters. The number of anilines is 2. The molecule has 0 aliphatic heterocycles. The Labute approximate surface area is 173 Å². The second-order valence-corrected chi connectivity index (χ2v) is 9.94. The third-order valence-corrected chi connectivity index (χ3v) is 6.76. The second-order valence-electron chi connectivity index (χ2n) is 7.52. The first-order valence-electron chi connectivity index (χ1n) is 9.40. The van der Waals surface area contributed by atoms with Crippen molar-refractivity contribution in [2.24, 2.45) is 0 Å². The molecule has 1 fully saturated rings. The molecular formula is C21H27N3O2S2. The molecule has 1 aliphatic rings. The van der Waals surface area contributed by atoms with Gasteiger partial charge in [0.05, 0.1) is 17.5 Å². The van der Waals surface area contributed by atoms with Crippen LogP contribution >= 0.6 is 12.2 Å². The number of sulfonamides is 1. The summed E-state index contributed by atoms with van der Waals surface area (Å²) >= 11 is 5.61. The van der Waals surface area contributed by atoms with E-state index in [1.165, 1.54) is 28.7 Å². The molecule has 7 heteroatoms. The van der Waals surface area contributed by atoms with Gasteiger partial charge in [0.15, 0.2) is 5.11 Å². The van der Waals surface area contributed by atoms with Crippen molar-refractivity contribution in [1.82, 2.24) is 5.32 Å². The van der Waals surface area contributed by atoms with E-state index in [9.17, 15) is 8.42 Å². The molecule has 5 nitrogen and oxygen atoms in total. The minimum absolute atomic E-state index is 0.155. The van der Waals surface area contributed by atoms with E-state index >= 15 is 0 Å². The number of aryl methyl sites for hydroxylation is 1. The van der Waals surface area contributed by atoms with Gasteiger partial charge < -0.3 is 10.6 Å². The molecule has 2 N–H and O–H groups in total. The van der Waals surface area contributed by atoms with Crippen LogP contribution in [0, 0.1) is 6.92 Å². The van der Waals surface area contributed by atoms with Crippen molar-refractivity contribution in [3.05, 3.63) is 59.7 Å². The molecule has 150 valence electrons. The Balaban J connectivity index is 1.78. The van der Waals surface area contributed by atoms with Gasteiger partial charge >= 0.3 is 0 Å². The van der Waals surface area contributed by atoms with Crippen molar-refractivity contribution in [2.75, 3.05) is 22.9 Å². The predicted octanol–water partition coefficient (Wildman–Crippen LogP) is 4.15. The average Bonchev–Trinajstić information content (AvgIpc) is 3.10. The third kappa shape index (κ3) is 4.64. The summed E-state index contributed by atoms with van der Waals surface area (Å²) in [4.78, 5) is 0. The molecule has 2 aromatic carbocycles. The monoisotopic (exact) mass is 417 g/mol. The van der Waals surface area contributed by atoms with Crippen molar-refractivity contribution in [1.29, 1.82) is 0 Å². The smallest absolute Gasteiger partial charge is 0.231 e. The van der Waals surface area contributed by atoms with Gasteiger partial charge in [-0.3, -0.25) is 4.31 Å². The van der Waals surface area contributed by atoms with E-state index in [0.29, 0.717) is 10.8 Å². The molecule has 3 rings (SSSR count). The number of nitrogens with one attached hydrogen (secondary N) is 2. The summed E-state index contributed by atoms with van der Waals surface area (Å²) in [6.45, 7) is 2.10. The summed E-state index contributed by atoms with van der Waals surface area (Å²) in [6, 6.07) is 15.8. The zero-order valence-corrected chi connectivity index (χ0v) is 18.2. The zero-order valence-electron chi connectivity index (χ0n) is 16.5. The van der Waals surface area contributed by atoms with Crippen LogP contribution in [0.4, 0.5) is 11.4 Å². The van der Waals surface area contributed by atoms with Gasteiger partial charge in [0.25, 0.3) is 0 Å². The first-order valence-corrected chi connectivity index (χ1v) is 11.7. The van der Waals surface area contributed by atoms with Crippen LogP contribution in [-0.4, -0.2) is 26.8 Å². The van der Waals surface area contributed by atoms with E-state index in [0.717, 1.165) is 31.4 Å². The highest BCUT2D eigenvalue weighted by atomic mass is 32.2. The highest BCUT2D eigenvalue weighted by molar-refractivity contribution is 7.92. The molecule has 28 heavy (non-hydrogen) atoms. The van der Waals surface area contributed by atoms with E-state index in [1.807, 2.05) is 12.1 Å². The minimum Gasteiger partial charge on any atom is -0.353 e. The quantitative estimate of drug-likeness (QED) is 0.716. The van der Waals surface area contributed by atoms with Gasteiger partial charge in [-0.05, 0) is 55.7 Å². The number of nitrogens with zero attached hydrogens (tertiary/aromatic N) is 1. The van der Waals surface area contributed by atoms with E-state index in [-0.39, 0.29) is 5.54 Å². The molecule has 1 saturated carbocycles. The normalized spacial score (nSPS) is 15.8. The Bertz CT molecular complexity index is 967. The van der Waals surface area contributed by atoms with Crippen LogP contribution in [0.25, 0.3) is 0 Å².